The zero-order valence-corrected chi connectivity index (χ0v) is 29.0. The van der Waals surface area contributed by atoms with Crippen molar-refractivity contribution in [2.75, 3.05) is 43.6 Å². The summed E-state index contributed by atoms with van der Waals surface area (Å²) in [5, 5.41) is 0. The monoisotopic (exact) mass is 666 g/mol. The number of carbonyl (C=O) groups is 2. The fourth-order valence-electron chi connectivity index (χ4n) is 5.57. The van der Waals surface area contributed by atoms with Crippen LogP contribution in [-0.4, -0.2) is 61.8 Å². The predicted molar refractivity (Wildman–Crippen MR) is 191 cm³/mol. The summed E-state index contributed by atoms with van der Waals surface area (Å²) in [6.45, 7) is 7.97. The number of pyridine rings is 1. The first kappa shape index (κ1) is 35.1. The average Bonchev–Trinajstić information content (AvgIpc) is 3.12. The Morgan fingerprint density at radius 3 is 2.06 bits per heavy atom. The summed E-state index contributed by atoms with van der Waals surface area (Å²) >= 11 is 0. The number of likely N-dealkylation sites (tertiary alicyclic amines) is 1. The van der Waals surface area contributed by atoms with E-state index in [0.717, 1.165) is 36.1 Å². The Balaban J connectivity index is 1.35. The summed E-state index contributed by atoms with van der Waals surface area (Å²) in [5.41, 5.74) is 3.54. The first-order valence-corrected chi connectivity index (χ1v) is 16.6. The molecule has 10 nitrogen and oxygen atoms in total. The topological polar surface area (TPSA) is 93.7 Å². The van der Waals surface area contributed by atoms with Crippen molar-refractivity contribution in [1.82, 2.24) is 9.88 Å². The maximum atomic E-state index is 12.5. The molecule has 0 saturated carbocycles. The highest BCUT2D eigenvalue weighted by atomic mass is 16.6. The molecule has 49 heavy (non-hydrogen) atoms. The molecule has 1 fully saturated rings. The van der Waals surface area contributed by atoms with Crippen molar-refractivity contribution in [3.05, 3.63) is 102 Å². The smallest absolute Gasteiger partial charge is 0.410 e. The number of amides is 2. The number of rotatable bonds is 13. The minimum absolute atomic E-state index is 0.250. The number of hydrogen-bond acceptors (Lipinski definition) is 8. The van der Waals surface area contributed by atoms with Crippen molar-refractivity contribution in [2.24, 2.45) is 5.92 Å². The second kappa shape index (κ2) is 16.2. The largest absolute Gasteiger partial charge is 0.491 e. The molecule has 1 aliphatic rings. The lowest BCUT2D eigenvalue weighted by Gasteiger charge is -2.33. The number of para-hydroxylation sites is 1. The van der Waals surface area contributed by atoms with Crippen LogP contribution in [0.15, 0.2) is 91.0 Å². The van der Waals surface area contributed by atoms with Gasteiger partial charge in [-0.2, -0.15) is 4.98 Å². The number of ether oxygens (including phenoxy) is 4. The molecule has 0 N–H and O–H groups in total. The van der Waals surface area contributed by atoms with Crippen molar-refractivity contribution >= 4 is 29.6 Å². The maximum Gasteiger partial charge on any atom is 0.410 e. The van der Waals surface area contributed by atoms with E-state index in [9.17, 15) is 9.59 Å². The minimum atomic E-state index is -0.529. The number of anilines is 3. The Hall–Kier alpha value is -5.25. The van der Waals surface area contributed by atoms with E-state index in [1.165, 1.54) is 4.90 Å². The summed E-state index contributed by atoms with van der Waals surface area (Å²) in [6, 6.07) is 29.2. The Morgan fingerprint density at radius 2 is 1.45 bits per heavy atom. The van der Waals surface area contributed by atoms with Gasteiger partial charge in [0, 0.05) is 33.3 Å². The van der Waals surface area contributed by atoms with E-state index in [2.05, 4.69) is 0 Å². The summed E-state index contributed by atoms with van der Waals surface area (Å²) in [7, 11) is 3.61. The summed E-state index contributed by atoms with van der Waals surface area (Å²) < 4.78 is 24.3. The van der Waals surface area contributed by atoms with Crippen LogP contribution in [0.4, 0.5) is 21.9 Å². The number of benzene rings is 3. The average molecular weight is 667 g/mol. The van der Waals surface area contributed by atoms with Gasteiger partial charge >= 0.3 is 6.09 Å². The van der Waals surface area contributed by atoms with Gasteiger partial charge in [0.25, 0.3) is 0 Å². The van der Waals surface area contributed by atoms with E-state index in [1.807, 2.05) is 124 Å². The molecule has 0 unspecified atom stereocenters. The molecule has 2 amide bonds. The van der Waals surface area contributed by atoms with Gasteiger partial charge in [0.05, 0.1) is 12.3 Å². The van der Waals surface area contributed by atoms with E-state index in [0.29, 0.717) is 61.8 Å². The van der Waals surface area contributed by atoms with Crippen LogP contribution in [0.2, 0.25) is 0 Å². The lowest BCUT2D eigenvalue weighted by atomic mass is 9.98. The van der Waals surface area contributed by atoms with E-state index in [-0.39, 0.29) is 12.0 Å². The Morgan fingerprint density at radius 1 is 0.816 bits per heavy atom. The lowest BCUT2D eigenvalue weighted by molar-refractivity contribution is -0.107. The lowest BCUT2D eigenvalue weighted by Crippen LogP contribution is -2.42. The third-order valence-corrected chi connectivity index (χ3v) is 8.21. The summed E-state index contributed by atoms with van der Waals surface area (Å²) in [6.07, 6.45) is 2.08. The third kappa shape index (κ3) is 9.65. The number of aromatic nitrogens is 1. The molecule has 10 heteroatoms. The first-order chi connectivity index (χ1) is 23.6. The van der Waals surface area contributed by atoms with Crippen molar-refractivity contribution < 1.29 is 28.5 Å². The molecule has 0 aliphatic carbocycles. The van der Waals surface area contributed by atoms with Gasteiger partial charge in [-0.15, -0.1) is 0 Å². The van der Waals surface area contributed by atoms with Crippen LogP contribution in [-0.2, 0) is 22.7 Å². The van der Waals surface area contributed by atoms with Gasteiger partial charge in [-0.3, -0.25) is 4.79 Å². The Labute approximate surface area is 289 Å². The molecule has 2 heterocycles. The molecule has 258 valence electrons. The van der Waals surface area contributed by atoms with E-state index < -0.39 is 5.60 Å². The second-order valence-corrected chi connectivity index (χ2v) is 13.1. The summed E-state index contributed by atoms with van der Waals surface area (Å²) in [4.78, 5) is 34.7. The van der Waals surface area contributed by atoms with Crippen LogP contribution >= 0.6 is 0 Å². The van der Waals surface area contributed by atoms with E-state index in [1.54, 1.807) is 11.9 Å². The van der Waals surface area contributed by atoms with Crippen molar-refractivity contribution in [1.29, 1.82) is 0 Å². The third-order valence-electron chi connectivity index (χ3n) is 8.21. The molecule has 0 bridgehead atoms. The van der Waals surface area contributed by atoms with Gasteiger partial charge in [0.15, 0.2) is 0 Å². The van der Waals surface area contributed by atoms with E-state index in [4.69, 9.17) is 23.9 Å². The number of carbonyl (C=O) groups excluding carboxylic acids is 2. The van der Waals surface area contributed by atoms with Gasteiger partial charge < -0.3 is 33.6 Å². The Bertz CT molecular complexity index is 1670. The predicted octanol–water partition coefficient (Wildman–Crippen LogP) is 7.63. The molecule has 1 aromatic heterocycles. The standard InChI is InChI=1S/C39H46N4O6/c1-39(2,3)49-38(45)43-23-21-31(22-24-43)25-46-34-18-12-17-32(36(34)41(4)28-44)42(5)33-19-20-35(47-26-29-13-8-6-9-14-29)40-37(33)48-27-30-15-10-7-11-16-30/h6-20,28,31H,21-27H2,1-5H3. The van der Waals surface area contributed by atoms with Gasteiger partial charge in [-0.1, -0.05) is 66.7 Å². The molecule has 1 saturated heterocycles. The van der Waals surface area contributed by atoms with Crippen LogP contribution in [0.5, 0.6) is 17.5 Å². The Kier molecular flexibility index (Phi) is 11.6. The highest BCUT2D eigenvalue weighted by Crippen LogP contribution is 2.42. The SMILES string of the molecule is CN(C=O)c1c(OCC2CCN(C(=O)OC(C)(C)C)CC2)cccc1N(C)c1ccc(OCc2ccccc2)nc1OCc1ccccc1. The van der Waals surface area contributed by atoms with Crippen molar-refractivity contribution in [3.63, 3.8) is 0 Å². The minimum Gasteiger partial charge on any atom is -0.491 e. The van der Waals surface area contributed by atoms with Crippen LogP contribution < -0.4 is 24.0 Å². The molecule has 1 aliphatic heterocycles. The fourth-order valence-corrected chi connectivity index (χ4v) is 5.57. The molecule has 3 aromatic carbocycles. The molecule has 4 aromatic rings. The van der Waals surface area contributed by atoms with Crippen molar-refractivity contribution in [2.45, 2.75) is 52.4 Å². The highest BCUT2D eigenvalue weighted by Gasteiger charge is 2.28. The number of hydrogen-bond donors (Lipinski definition) is 0. The van der Waals surface area contributed by atoms with Crippen LogP contribution in [0.25, 0.3) is 0 Å². The normalized spacial score (nSPS) is 13.4. The van der Waals surface area contributed by atoms with Gasteiger partial charge in [-0.25, -0.2) is 4.79 Å². The molecule has 0 spiro atoms. The zero-order valence-electron chi connectivity index (χ0n) is 29.0. The van der Waals surface area contributed by atoms with Crippen LogP contribution in [0, 0.1) is 5.92 Å². The summed E-state index contributed by atoms with van der Waals surface area (Å²) in [5.74, 6) is 1.65. The van der Waals surface area contributed by atoms with Crippen molar-refractivity contribution in [3.8, 4) is 17.5 Å². The van der Waals surface area contributed by atoms with Gasteiger partial charge in [0.1, 0.15) is 35.9 Å². The molecular weight excluding hydrogens is 620 g/mol. The highest BCUT2D eigenvalue weighted by molar-refractivity contribution is 5.90. The quantitative estimate of drug-likeness (QED) is 0.135. The maximum absolute atomic E-state index is 12.5. The van der Waals surface area contributed by atoms with Gasteiger partial charge in [-0.05, 0) is 68.9 Å². The molecular formula is C39H46N4O6. The van der Waals surface area contributed by atoms with Gasteiger partial charge in [0.2, 0.25) is 18.2 Å². The number of piperidine rings is 1. The molecule has 0 atom stereocenters. The van der Waals surface area contributed by atoms with Crippen LogP contribution in [0.1, 0.15) is 44.7 Å². The van der Waals surface area contributed by atoms with E-state index >= 15 is 0 Å². The molecule has 0 radical (unpaired) electrons. The second-order valence-electron chi connectivity index (χ2n) is 13.1. The fraction of sp³-hybridized carbons (Fsp3) is 0.359. The zero-order chi connectivity index (χ0) is 34.8. The molecule has 5 rings (SSSR count). The first-order valence-electron chi connectivity index (χ1n) is 16.6. The van der Waals surface area contributed by atoms with Crippen LogP contribution in [0.3, 0.4) is 0 Å². The number of nitrogens with zero attached hydrogens (tertiary/aromatic N) is 4.